The van der Waals surface area contributed by atoms with Crippen LogP contribution in [0.3, 0.4) is 0 Å². The van der Waals surface area contributed by atoms with Crippen LogP contribution in [-0.4, -0.2) is 86.8 Å². The van der Waals surface area contributed by atoms with Crippen LogP contribution in [0.4, 0.5) is 5.69 Å². The van der Waals surface area contributed by atoms with Crippen LogP contribution >= 0.6 is 0 Å². The maximum atomic E-state index is 13.4. The molecule has 0 spiro atoms. The number of aryl methyl sites for hydroxylation is 3. The van der Waals surface area contributed by atoms with Crippen LogP contribution in [0.5, 0.6) is 5.75 Å². The molecule has 12 nitrogen and oxygen atoms in total. The highest BCUT2D eigenvalue weighted by Crippen LogP contribution is 2.33. The van der Waals surface area contributed by atoms with E-state index in [0.29, 0.717) is 80.1 Å². The van der Waals surface area contributed by atoms with E-state index in [1.165, 1.54) is 31.9 Å². The molecular formula is C46H57N3O9. The quantitative estimate of drug-likeness (QED) is 0.0679. The Morgan fingerprint density at radius 1 is 0.707 bits per heavy atom. The summed E-state index contributed by atoms with van der Waals surface area (Å²) in [5.74, 6) is -1.03. The lowest BCUT2D eigenvalue weighted by atomic mass is 9.92. The molecule has 1 heterocycles. The van der Waals surface area contributed by atoms with E-state index in [2.05, 4.69) is 34.6 Å². The predicted molar refractivity (Wildman–Crippen MR) is 222 cm³/mol. The number of nitrogens with one attached hydrogen (secondary N) is 1. The van der Waals surface area contributed by atoms with Gasteiger partial charge in [0.15, 0.2) is 0 Å². The van der Waals surface area contributed by atoms with Gasteiger partial charge in [-0.15, -0.1) is 0 Å². The molecule has 4 aromatic rings. The van der Waals surface area contributed by atoms with Gasteiger partial charge in [0.25, 0.3) is 5.91 Å². The maximum absolute atomic E-state index is 13.4. The summed E-state index contributed by atoms with van der Waals surface area (Å²) in [6, 6.07) is 25.0. The number of carbonyl (C=O) groups excluding carboxylic acids is 2. The van der Waals surface area contributed by atoms with E-state index in [9.17, 15) is 14.4 Å². The zero-order chi connectivity index (χ0) is 40.8. The van der Waals surface area contributed by atoms with Crippen LogP contribution in [0.1, 0.15) is 88.8 Å². The summed E-state index contributed by atoms with van der Waals surface area (Å²) in [5.41, 5.74) is 12.2. The van der Waals surface area contributed by atoms with E-state index in [1.807, 2.05) is 30.3 Å². The Balaban J connectivity index is 0.000000551. The molecule has 12 heteroatoms. The molecule has 1 saturated carbocycles. The van der Waals surface area contributed by atoms with Gasteiger partial charge in [0, 0.05) is 29.5 Å². The summed E-state index contributed by atoms with van der Waals surface area (Å²) in [6.07, 6.45) is 12.9. The molecule has 0 unspecified atom stereocenters. The molecule has 58 heavy (non-hydrogen) atoms. The van der Waals surface area contributed by atoms with Gasteiger partial charge in [0.1, 0.15) is 5.75 Å². The van der Waals surface area contributed by atoms with Gasteiger partial charge in [-0.2, -0.15) is 0 Å². The summed E-state index contributed by atoms with van der Waals surface area (Å²) >= 11 is 0. The number of ether oxygens (including phenoxy) is 5. The first-order valence-electron chi connectivity index (χ1n) is 20.4. The molecule has 0 aliphatic heterocycles. The maximum Gasteiger partial charge on any atom is 0.305 e. The number of rotatable bonds is 22. The Morgan fingerprint density at radius 3 is 2.02 bits per heavy atom. The van der Waals surface area contributed by atoms with Crippen LogP contribution in [-0.2, 0) is 43.0 Å². The van der Waals surface area contributed by atoms with Crippen molar-refractivity contribution in [1.82, 2.24) is 4.98 Å². The number of hydrogen-bond donors (Lipinski definition) is 3. The van der Waals surface area contributed by atoms with Crippen molar-refractivity contribution < 1.29 is 43.2 Å². The summed E-state index contributed by atoms with van der Waals surface area (Å²) in [5, 5.41) is 11.6. The molecule has 310 valence electrons. The molecule has 2 aliphatic rings. The Morgan fingerprint density at radius 2 is 1.36 bits per heavy atom. The molecule has 2 aliphatic carbocycles. The number of benzene rings is 3. The van der Waals surface area contributed by atoms with Gasteiger partial charge in [-0.25, -0.2) is 0 Å². The summed E-state index contributed by atoms with van der Waals surface area (Å²) in [4.78, 5) is 40.1. The number of hydrogen-bond acceptors (Lipinski definition) is 9. The largest absolute Gasteiger partial charge is 0.490 e. The minimum atomic E-state index is -0.885. The van der Waals surface area contributed by atoms with Crippen molar-refractivity contribution in [3.8, 4) is 17.0 Å². The molecule has 0 atom stereocenters. The lowest BCUT2D eigenvalue weighted by molar-refractivity contribution is -0.138. The third-order valence-electron chi connectivity index (χ3n) is 9.94. The molecule has 0 bridgehead atoms. The molecule has 2 amide bonds. The number of anilines is 1. The van der Waals surface area contributed by atoms with Crippen LogP contribution in [0.2, 0.25) is 0 Å². The molecule has 4 N–H and O–H groups in total. The molecule has 6 rings (SSSR count). The zero-order valence-corrected chi connectivity index (χ0v) is 33.3. The third kappa shape index (κ3) is 15.3. The fourth-order valence-electron chi connectivity index (χ4n) is 6.89. The van der Waals surface area contributed by atoms with Crippen molar-refractivity contribution in [1.29, 1.82) is 0 Å². The highest BCUT2D eigenvalue weighted by atomic mass is 16.6. The summed E-state index contributed by atoms with van der Waals surface area (Å²) in [7, 11) is 0. The number of nitrogens with two attached hydrogens (primary N) is 1. The van der Waals surface area contributed by atoms with Gasteiger partial charge >= 0.3 is 5.97 Å². The fraction of sp³-hybridized carbons (Fsp3) is 0.435. The van der Waals surface area contributed by atoms with E-state index in [-0.39, 0.29) is 25.0 Å². The number of carbonyl (C=O) groups is 3. The van der Waals surface area contributed by atoms with Gasteiger partial charge in [-0.3, -0.25) is 19.4 Å². The molecule has 3 aromatic carbocycles. The van der Waals surface area contributed by atoms with E-state index >= 15 is 0 Å². The van der Waals surface area contributed by atoms with Gasteiger partial charge in [-0.05, 0) is 123 Å². The van der Waals surface area contributed by atoms with Crippen LogP contribution in [0.15, 0.2) is 85.1 Å². The monoisotopic (exact) mass is 795 g/mol. The smallest absolute Gasteiger partial charge is 0.305 e. The number of fused-ring (bicyclic) bond motifs is 1. The van der Waals surface area contributed by atoms with Crippen molar-refractivity contribution in [2.45, 2.75) is 76.7 Å². The number of aliphatic carboxylic acids is 1. The van der Waals surface area contributed by atoms with Crippen LogP contribution in [0, 0.1) is 0 Å². The number of primary amides is 1. The van der Waals surface area contributed by atoms with Gasteiger partial charge in [0.2, 0.25) is 5.91 Å². The predicted octanol–water partition coefficient (Wildman–Crippen LogP) is 7.46. The molecule has 1 fully saturated rings. The minimum Gasteiger partial charge on any atom is -0.490 e. The van der Waals surface area contributed by atoms with Gasteiger partial charge in [0.05, 0.1) is 70.2 Å². The third-order valence-corrected chi connectivity index (χ3v) is 9.94. The second kappa shape index (κ2) is 24.6. The van der Waals surface area contributed by atoms with E-state index in [4.69, 9.17) is 34.5 Å². The normalized spacial score (nSPS) is 13.6. The van der Waals surface area contributed by atoms with E-state index in [1.54, 1.807) is 35.4 Å². The first kappa shape index (κ1) is 44.0. The number of carboxylic acids is 1. The lowest BCUT2D eigenvalue weighted by Crippen LogP contribution is -2.15. The Bertz CT molecular complexity index is 1870. The topological polar surface area (TPSA) is 169 Å². The van der Waals surface area contributed by atoms with Gasteiger partial charge in [-0.1, -0.05) is 36.4 Å². The average molecular weight is 796 g/mol. The number of pyridine rings is 1. The van der Waals surface area contributed by atoms with Gasteiger partial charge < -0.3 is 39.8 Å². The SMILES string of the molecule is NC(=O)c1ccnc(-c2cc(OC3CCCC3)ccc2NC(=O)c2cccc(CCCOCCOCCOCCOCCC(=O)O)c2)c1.c1ccc2c(c1)CCCC2. The molecule has 0 saturated heterocycles. The lowest BCUT2D eigenvalue weighted by Gasteiger charge is -2.17. The van der Waals surface area contributed by atoms with Crippen molar-refractivity contribution in [3.63, 3.8) is 0 Å². The van der Waals surface area contributed by atoms with Crippen molar-refractivity contribution in [3.05, 3.63) is 113 Å². The van der Waals surface area contributed by atoms with E-state index < -0.39 is 11.9 Å². The van der Waals surface area contributed by atoms with E-state index in [0.717, 1.165) is 44.1 Å². The van der Waals surface area contributed by atoms with Crippen LogP contribution < -0.4 is 15.8 Å². The Hall–Kier alpha value is -5.14. The molecule has 0 radical (unpaired) electrons. The fourth-order valence-corrected chi connectivity index (χ4v) is 6.89. The first-order chi connectivity index (χ1) is 28.4. The van der Waals surface area contributed by atoms with Crippen molar-refractivity contribution >= 4 is 23.5 Å². The number of carboxylic acid groups (broad SMARTS) is 1. The van der Waals surface area contributed by atoms with Crippen LogP contribution in [0.25, 0.3) is 11.3 Å². The molecule has 1 aromatic heterocycles. The summed E-state index contributed by atoms with van der Waals surface area (Å²) < 4.78 is 27.9. The Kier molecular flexibility index (Phi) is 18.6. The minimum absolute atomic E-state index is 0.0171. The second-order valence-corrected chi connectivity index (χ2v) is 14.4. The Labute approximate surface area is 341 Å². The summed E-state index contributed by atoms with van der Waals surface area (Å²) in [6.45, 7) is 3.24. The van der Waals surface area contributed by atoms with Crippen molar-refractivity contribution in [2.24, 2.45) is 5.73 Å². The molecular weight excluding hydrogens is 739 g/mol. The van der Waals surface area contributed by atoms with Crippen molar-refractivity contribution in [2.75, 3.05) is 58.2 Å². The first-order valence-corrected chi connectivity index (χ1v) is 20.4. The highest BCUT2D eigenvalue weighted by Gasteiger charge is 2.19. The standard InChI is InChI=1S/C36H45N3O9.C10H12/c37-35(42)27-12-14-38-33(24-27)31-25-30(48-29-8-1-2-9-29)10-11-32(31)39-36(43)28-7-3-5-26(23-28)6-4-15-44-17-19-46-21-22-47-20-18-45-16-13-34(40)41;1-2-6-10-8-4-3-7-9(10)5-1/h3,5,7,10-12,14,23-25,29H,1-2,4,6,8-9,13,15-22H2,(H2,37,42)(H,39,43)(H,40,41);1-2,5-6H,3-4,7-8H2. The second-order valence-electron chi connectivity index (χ2n) is 14.4. The average Bonchev–Trinajstić information content (AvgIpc) is 3.76. The highest BCUT2D eigenvalue weighted by molar-refractivity contribution is 6.06. The number of aromatic nitrogens is 1. The number of nitrogens with zero attached hydrogens (tertiary/aromatic N) is 1. The number of amides is 2. The zero-order valence-electron chi connectivity index (χ0n) is 33.3.